The molecule has 0 aliphatic heterocycles. The molecule has 0 saturated heterocycles. The van der Waals surface area contributed by atoms with Crippen LogP contribution in [0.1, 0.15) is 43.4 Å². The van der Waals surface area contributed by atoms with Crippen molar-refractivity contribution in [3.63, 3.8) is 0 Å². The number of hydrogen-bond acceptors (Lipinski definition) is 3. The zero-order valence-corrected chi connectivity index (χ0v) is 12.9. The van der Waals surface area contributed by atoms with Crippen LogP contribution in [0.5, 0.6) is 0 Å². The first-order chi connectivity index (χ1) is 9.13. The fourth-order valence-corrected chi connectivity index (χ4v) is 3.39. The molecule has 1 heterocycles. The van der Waals surface area contributed by atoms with E-state index in [1.165, 1.54) is 43.5 Å². The smallest absolute Gasteiger partial charge is 0.131 e. The van der Waals surface area contributed by atoms with E-state index in [0.29, 0.717) is 0 Å². The molecule has 1 aromatic heterocycles. The van der Waals surface area contributed by atoms with Crippen LogP contribution in [0.4, 0.5) is 5.82 Å². The van der Waals surface area contributed by atoms with Crippen LogP contribution in [0.15, 0.2) is 0 Å². The van der Waals surface area contributed by atoms with Crippen molar-refractivity contribution in [3.8, 4) is 0 Å². The van der Waals surface area contributed by atoms with Gasteiger partial charge in [0.05, 0.1) is 5.69 Å². The minimum Gasteiger partial charge on any atom is -0.359 e. The molecular formula is C15H28N4. The number of anilines is 1. The minimum absolute atomic E-state index is 0.858. The lowest BCUT2D eigenvalue weighted by molar-refractivity contribution is 0.360. The van der Waals surface area contributed by atoms with Gasteiger partial charge in [-0.1, -0.05) is 19.3 Å². The van der Waals surface area contributed by atoms with Crippen molar-refractivity contribution in [2.75, 3.05) is 25.5 Å². The lowest BCUT2D eigenvalue weighted by atomic mass is 9.89. The standard InChI is InChI=1S/C15H28N4/c1-12-14(10-16-2)15(19(4)17-12)18(3)11-13-8-6-5-7-9-13/h13,16H,5-11H2,1-4H3. The van der Waals surface area contributed by atoms with Crippen LogP contribution in [-0.4, -0.2) is 30.4 Å². The highest BCUT2D eigenvalue weighted by Crippen LogP contribution is 2.28. The Bertz CT molecular complexity index is 405. The van der Waals surface area contributed by atoms with Crippen molar-refractivity contribution in [1.82, 2.24) is 15.1 Å². The van der Waals surface area contributed by atoms with Gasteiger partial charge in [0, 0.05) is 32.7 Å². The molecule has 4 heteroatoms. The van der Waals surface area contributed by atoms with Crippen molar-refractivity contribution < 1.29 is 0 Å². The summed E-state index contributed by atoms with van der Waals surface area (Å²) in [5.41, 5.74) is 2.48. The number of nitrogens with one attached hydrogen (secondary N) is 1. The second kappa shape index (κ2) is 6.42. The second-order valence-corrected chi connectivity index (χ2v) is 5.93. The molecule has 2 rings (SSSR count). The highest BCUT2D eigenvalue weighted by molar-refractivity contribution is 5.49. The van der Waals surface area contributed by atoms with Crippen molar-refractivity contribution in [2.45, 2.75) is 45.6 Å². The van der Waals surface area contributed by atoms with Crippen LogP contribution in [0.25, 0.3) is 0 Å². The van der Waals surface area contributed by atoms with Crippen LogP contribution >= 0.6 is 0 Å². The van der Waals surface area contributed by atoms with E-state index in [9.17, 15) is 0 Å². The molecule has 0 bridgehead atoms. The average Bonchev–Trinajstić information content (AvgIpc) is 2.66. The Kier molecular flexibility index (Phi) is 4.86. The molecule has 1 N–H and O–H groups in total. The van der Waals surface area contributed by atoms with Crippen molar-refractivity contribution in [1.29, 1.82) is 0 Å². The van der Waals surface area contributed by atoms with E-state index < -0.39 is 0 Å². The summed E-state index contributed by atoms with van der Waals surface area (Å²) < 4.78 is 2.03. The Balaban J connectivity index is 2.10. The molecule has 4 nitrogen and oxygen atoms in total. The average molecular weight is 264 g/mol. The third-order valence-corrected chi connectivity index (χ3v) is 4.29. The topological polar surface area (TPSA) is 33.1 Å². The molecule has 1 aliphatic carbocycles. The lowest BCUT2D eigenvalue weighted by Crippen LogP contribution is -2.29. The van der Waals surface area contributed by atoms with Gasteiger partial charge in [-0.05, 0) is 32.7 Å². The second-order valence-electron chi connectivity index (χ2n) is 5.93. The summed E-state index contributed by atoms with van der Waals surface area (Å²) in [6, 6.07) is 0. The van der Waals surface area contributed by atoms with E-state index in [1.54, 1.807) is 0 Å². The van der Waals surface area contributed by atoms with E-state index in [-0.39, 0.29) is 0 Å². The van der Waals surface area contributed by atoms with E-state index in [4.69, 9.17) is 0 Å². The molecule has 0 spiro atoms. The molecule has 0 aromatic carbocycles. The number of nitrogens with zero attached hydrogens (tertiary/aromatic N) is 3. The molecular weight excluding hydrogens is 236 g/mol. The summed E-state index contributed by atoms with van der Waals surface area (Å²) in [5, 5.41) is 7.84. The third-order valence-electron chi connectivity index (χ3n) is 4.29. The molecule has 1 aromatic rings. The summed E-state index contributed by atoms with van der Waals surface area (Å²) >= 11 is 0. The van der Waals surface area contributed by atoms with E-state index in [1.807, 2.05) is 11.7 Å². The van der Waals surface area contributed by atoms with Crippen LogP contribution in [0, 0.1) is 12.8 Å². The van der Waals surface area contributed by atoms with Crippen LogP contribution in [0.2, 0.25) is 0 Å². The highest BCUT2D eigenvalue weighted by atomic mass is 15.4. The van der Waals surface area contributed by atoms with Crippen molar-refractivity contribution in [2.24, 2.45) is 13.0 Å². The summed E-state index contributed by atoms with van der Waals surface area (Å²) in [6.07, 6.45) is 7.03. The maximum absolute atomic E-state index is 4.58. The van der Waals surface area contributed by atoms with Crippen molar-refractivity contribution in [3.05, 3.63) is 11.3 Å². The number of aryl methyl sites for hydroxylation is 2. The quantitative estimate of drug-likeness (QED) is 0.887. The lowest BCUT2D eigenvalue weighted by Gasteiger charge is -2.29. The summed E-state index contributed by atoms with van der Waals surface area (Å²) in [7, 11) is 6.26. The molecule has 0 amide bonds. The molecule has 1 aliphatic rings. The fraction of sp³-hybridized carbons (Fsp3) is 0.800. The van der Waals surface area contributed by atoms with E-state index in [0.717, 1.165) is 24.7 Å². The Morgan fingerprint density at radius 1 is 1.32 bits per heavy atom. The van der Waals surface area contributed by atoms with Gasteiger partial charge in [-0.15, -0.1) is 0 Å². The van der Waals surface area contributed by atoms with Crippen molar-refractivity contribution >= 4 is 5.82 Å². The molecule has 0 unspecified atom stereocenters. The van der Waals surface area contributed by atoms with Gasteiger partial charge in [0.25, 0.3) is 0 Å². The largest absolute Gasteiger partial charge is 0.359 e. The molecule has 19 heavy (non-hydrogen) atoms. The van der Waals surface area contributed by atoms with Gasteiger partial charge in [0.2, 0.25) is 0 Å². The van der Waals surface area contributed by atoms with Crippen LogP contribution < -0.4 is 10.2 Å². The van der Waals surface area contributed by atoms with Gasteiger partial charge in [-0.25, -0.2) is 0 Å². The fourth-order valence-electron chi connectivity index (χ4n) is 3.39. The zero-order valence-electron chi connectivity index (χ0n) is 12.9. The van der Waals surface area contributed by atoms with Crippen LogP contribution in [0.3, 0.4) is 0 Å². The third kappa shape index (κ3) is 3.30. The first-order valence-electron chi connectivity index (χ1n) is 7.51. The van der Waals surface area contributed by atoms with Gasteiger partial charge >= 0.3 is 0 Å². The monoisotopic (exact) mass is 264 g/mol. The molecule has 0 radical (unpaired) electrons. The molecule has 1 saturated carbocycles. The van der Waals surface area contributed by atoms with E-state index >= 15 is 0 Å². The van der Waals surface area contributed by atoms with Gasteiger partial charge in [-0.3, -0.25) is 4.68 Å². The first kappa shape index (κ1) is 14.4. The minimum atomic E-state index is 0.858. The normalized spacial score (nSPS) is 16.8. The maximum Gasteiger partial charge on any atom is 0.131 e. The Hall–Kier alpha value is -1.03. The van der Waals surface area contributed by atoms with Gasteiger partial charge in [0.1, 0.15) is 5.82 Å². The van der Waals surface area contributed by atoms with Gasteiger partial charge < -0.3 is 10.2 Å². The highest BCUT2D eigenvalue weighted by Gasteiger charge is 2.20. The Morgan fingerprint density at radius 3 is 2.63 bits per heavy atom. The number of rotatable bonds is 5. The number of aromatic nitrogens is 2. The maximum atomic E-state index is 4.58. The van der Waals surface area contributed by atoms with E-state index in [2.05, 4.69) is 36.3 Å². The summed E-state index contributed by atoms with van der Waals surface area (Å²) in [6.45, 7) is 4.16. The summed E-state index contributed by atoms with van der Waals surface area (Å²) in [5.74, 6) is 2.13. The summed E-state index contributed by atoms with van der Waals surface area (Å²) in [4.78, 5) is 2.41. The molecule has 1 fully saturated rings. The van der Waals surface area contributed by atoms with Crippen LogP contribution in [-0.2, 0) is 13.6 Å². The Morgan fingerprint density at radius 2 is 2.00 bits per heavy atom. The zero-order chi connectivity index (χ0) is 13.8. The SMILES string of the molecule is CNCc1c(C)nn(C)c1N(C)CC1CCCCC1. The Labute approximate surface area is 117 Å². The van der Waals surface area contributed by atoms with Gasteiger partial charge in [-0.2, -0.15) is 5.10 Å². The molecule has 0 atom stereocenters. The predicted octanol–water partition coefficient (Wildman–Crippen LogP) is 2.46. The molecule has 108 valence electrons. The van der Waals surface area contributed by atoms with Gasteiger partial charge in [0.15, 0.2) is 0 Å². The number of hydrogen-bond donors (Lipinski definition) is 1. The first-order valence-corrected chi connectivity index (χ1v) is 7.51. The predicted molar refractivity (Wildman–Crippen MR) is 80.6 cm³/mol.